The maximum absolute atomic E-state index is 12.9. The van der Waals surface area contributed by atoms with Crippen molar-refractivity contribution in [3.05, 3.63) is 29.6 Å². The Labute approximate surface area is 76.2 Å². The topological polar surface area (TPSA) is 44.5 Å². The summed E-state index contributed by atoms with van der Waals surface area (Å²) in [4.78, 5) is 4.41. The lowest BCUT2D eigenvalue weighted by molar-refractivity contribution is 0.141. The summed E-state index contributed by atoms with van der Waals surface area (Å²) in [7, 11) is 1.43. The van der Waals surface area contributed by atoms with Gasteiger partial charge in [-0.25, -0.2) is 10.3 Å². The molecular weight excluding hydrogens is 173 g/mol. The van der Waals surface area contributed by atoms with Gasteiger partial charge in [-0.05, 0) is 24.1 Å². The van der Waals surface area contributed by atoms with Crippen LogP contribution in [-0.4, -0.2) is 13.7 Å². The summed E-state index contributed by atoms with van der Waals surface area (Å²) in [6, 6.07) is 4.68. The molecule has 0 fully saturated rings. The zero-order chi connectivity index (χ0) is 9.68. The summed E-state index contributed by atoms with van der Waals surface area (Å²) in [6.45, 7) is 0.411. The minimum atomic E-state index is -0.361. The summed E-state index contributed by atoms with van der Waals surface area (Å²) in [6.07, 6.45) is 0.646. The van der Waals surface area contributed by atoms with E-state index in [1.165, 1.54) is 13.2 Å². The van der Waals surface area contributed by atoms with E-state index in [-0.39, 0.29) is 11.6 Å². The first-order valence-corrected chi connectivity index (χ1v) is 3.92. The van der Waals surface area contributed by atoms with Gasteiger partial charge in [0.15, 0.2) is 11.6 Å². The van der Waals surface area contributed by atoms with Crippen LogP contribution in [0.4, 0.5) is 4.39 Å². The molecule has 0 radical (unpaired) electrons. The molecule has 13 heavy (non-hydrogen) atoms. The highest BCUT2D eigenvalue weighted by atomic mass is 19.1. The minimum absolute atomic E-state index is 0.245. The molecule has 4 heteroatoms. The van der Waals surface area contributed by atoms with Gasteiger partial charge in [0.1, 0.15) is 0 Å². The smallest absolute Gasteiger partial charge is 0.165 e. The van der Waals surface area contributed by atoms with Crippen molar-refractivity contribution in [3.8, 4) is 5.75 Å². The van der Waals surface area contributed by atoms with E-state index in [1.807, 2.05) is 0 Å². The molecule has 0 bridgehead atoms. The van der Waals surface area contributed by atoms with E-state index in [4.69, 9.17) is 10.6 Å². The van der Waals surface area contributed by atoms with E-state index in [0.717, 1.165) is 5.56 Å². The van der Waals surface area contributed by atoms with E-state index in [9.17, 15) is 4.39 Å². The van der Waals surface area contributed by atoms with E-state index >= 15 is 0 Å². The van der Waals surface area contributed by atoms with Crippen molar-refractivity contribution >= 4 is 0 Å². The van der Waals surface area contributed by atoms with Gasteiger partial charge in [-0.3, -0.25) is 0 Å². The molecule has 0 saturated carbocycles. The van der Waals surface area contributed by atoms with E-state index in [1.54, 1.807) is 12.1 Å². The number of ether oxygens (including phenoxy) is 1. The average Bonchev–Trinajstić information content (AvgIpc) is 2.16. The number of benzene rings is 1. The second kappa shape index (κ2) is 4.79. The van der Waals surface area contributed by atoms with Crippen LogP contribution in [0.1, 0.15) is 5.56 Å². The van der Waals surface area contributed by atoms with Gasteiger partial charge in [-0.15, -0.1) is 0 Å². The molecule has 3 nitrogen and oxygen atoms in total. The molecule has 0 aromatic heterocycles. The van der Waals surface area contributed by atoms with Crippen LogP contribution in [0.3, 0.4) is 0 Å². The number of nitrogens with two attached hydrogens (primary N) is 1. The van der Waals surface area contributed by atoms with Crippen molar-refractivity contribution in [2.45, 2.75) is 6.42 Å². The van der Waals surface area contributed by atoms with E-state index in [2.05, 4.69) is 4.84 Å². The molecule has 0 aliphatic heterocycles. The van der Waals surface area contributed by atoms with Crippen LogP contribution < -0.4 is 10.6 Å². The van der Waals surface area contributed by atoms with Gasteiger partial charge in [0.05, 0.1) is 13.7 Å². The van der Waals surface area contributed by atoms with Gasteiger partial charge in [0.2, 0.25) is 0 Å². The van der Waals surface area contributed by atoms with Crippen molar-refractivity contribution in [2.24, 2.45) is 5.90 Å². The van der Waals surface area contributed by atoms with Crippen molar-refractivity contribution in [3.63, 3.8) is 0 Å². The number of hydrogen-bond acceptors (Lipinski definition) is 3. The summed E-state index contributed by atoms with van der Waals surface area (Å²) >= 11 is 0. The van der Waals surface area contributed by atoms with Crippen molar-refractivity contribution in [2.75, 3.05) is 13.7 Å². The summed E-state index contributed by atoms with van der Waals surface area (Å²) in [5.74, 6) is 4.76. The molecule has 1 aromatic rings. The molecule has 0 aliphatic carbocycles. The fourth-order valence-corrected chi connectivity index (χ4v) is 1.04. The van der Waals surface area contributed by atoms with Crippen LogP contribution >= 0.6 is 0 Å². The molecule has 0 saturated heterocycles. The van der Waals surface area contributed by atoms with Gasteiger partial charge in [-0.2, -0.15) is 0 Å². The first-order chi connectivity index (χ1) is 6.27. The molecule has 0 atom stereocenters. The third-order valence-electron chi connectivity index (χ3n) is 1.72. The maximum Gasteiger partial charge on any atom is 0.165 e. The van der Waals surface area contributed by atoms with Gasteiger partial charge in [0, 0.05) is 0 Å². The van der Waals surface area contributed by atoms with Crippen molar-refractivity contribution in [1.82, 2.24) is 0 Å². The Kier molecular flexibility index (Phi) is 3.67. The van der Waals surface area contributed by atoms with Crippen LogP contribution in [0.5, 0.6) is 5.75 Å². The highest BCUT2D eigenvalue weighted by Crippen LogP contribution is 2.18. The number of hydrogen-bond donors (Lipinski definition) is 1. The number of rotatable bonds is 4. The predicted octanol–water partition coefficient (Wildman–Crippen LogP) is 1.27. The van der Waals surface area contributed by atoms with Crippen LogP contribution in [0.15, 0.2) is 18.2 Å². The van der Waals surface area contributed by atoms with E-state index < -0.39 is 0 Å². The molecule has 0 aliphatic rings. The Hall–Kier alpha value is -1.13. The lowest BCUT2D eigenvalue weighted by atomic mass is 10.1. The first-order valence-electron chi connectivity index (χ1n) is 3.92. The lowest BCUT2D eigenvalue weighted by Gasteiger charge is -2.04. The second-order valence-corrected chi connectivity index (χ2v) is 2.59. The third-order valence-corrected chi connectivity index (χ3v) is 1.72. The Morgan fingerprint density at radius 2 is 2.23 bits per heavy atom. The largest absolute Gasteiger partial charge is 0.494 e. The Morgan fingerprint density at radius 1 is 1.46 bits per heavy atom. The second-order valence-electron chi connectivity index (χ2n) is 2.59. The normalized spacial score (nSPS) is 10.1. The molecule has 1 aromatic carbocycles. The lowest BCUT2D eigenvalue weighted by Crippen LogP contribution is -2.03. The molecule has 0 heterocycles. The van der Waals surface area contributed by atoms with Gasteiger partial charge < -0.3 is 9.57 Å². The van der Waals surface area contributed by atoms with Crippen LogP contribution in [0, 0.1) is 5.82 Å². The first kappa shape index (κ1) is 9.95. The zero-order valence-corrected chi connectivity index (χ0v) is 7.42. The molecule has 0 amide bonds. The quantitative estimate of drug-likeness (QED) is 0.718. The van der Waals surface area contributed by atoms with Gasteiger partial charge in [-0.1, -0.05) is 6.07 Å². The van der Waals surface area contributed by atoms with Crippen LogP contribution in [0.25, 0.3) is 0 Å². The average molecular weight is 185 g/mol. The Morgan fingerprint density at radius 3 is 2.85 bits per heavy atom. The number of halogens is 1. The monoisotopic (exact) mass is 185 g/mol. The Bertz CT molecular complexity index is 278. The molecule has 2 N–H and O–H groups in total. The SMILES string of the molecule is COc1cc(CCON)ccc1F. The van der Waals surface area contributed by atoms with Crippen molar-refractivity contribution < 1.29 is 14.0 Å². The van der Waals surface area contributed by atoms with Crippen molar-refractivity contribution in [1.29, 1.82) is 0 Å². The fraction of sp³-hybridized carbons (Fsp3) is 0.333. The summed E-state index contributed by atoms with van der Waals surface area (Å²) in [5, 5.41) is 0. The molecule has 0 spiro atoms. The maximum atomic E-state index is 12.9. The highest BCUT2D eigenvalue weighted by Gasteiger charge is 2.02. The molecular formula is C9H12FNO2. The van der Waals surface area contributed by atoms with Gasteiger partial charge >= 0.3 is 0 Å². The standard InChI is InChI=1S/C9H12FNO2/c1-12-9-6-7(4-5-13-11)2-3-8(9)10/h2-3,6H,4-5,11H2,1H3. The highest BCUT2D eigenvalue weighted by molar-refractivity contribution is 5.30. The Balaban J connectivity index is 2.74. The van der Waals surface area contributed by atoms with Crippen LogP contribution in [-0.2, 0) is 11.3 Å². The van der Waals surface area contributed by atoms with Gasteiger partial charge in [0.25, 0.3) is 0 Å². The summed E-state index contributed by atoms with van der Waals surface area (Å²) in [5.41, 5.74) is 0.934. The fourth-order valence-electron chi connectivity index (χ4n) is 1.04. The van der Waals surface area contributed by atoms with E-state index in [0.29, 0.717) is 13.0 Å². The third kappa shape index (κ3) is 2.68. The van der Waals surface area contributed by atoms with Crippen LogP contribution in [0.2, 0.25) is 0 Å². The molecule has 72 valence electrons. The molecule has 1 rings (SSSR count). The summed E-state index contributed by atoms with van der Waals surface area (Å²) < 4.78 is 17.7. The minimum Gasteiger partial charge on any atom is -0.494 e. The predicted molar refractivity (Wildman–Crippen MR) is 46.8 cm³/mol. The zero-order valence-electron chi connectivity index (χ0n) is 7.42. The number of methoxy groups -OCH3 is 1. The molecule has 0 unspecified atom stereocenters.